The molecule has 7 nitrogen and oxygen atoms in total. The minimum Gasteiger partial charge on any atom is -0.465 e. The van der Waals surface area contributed by atoms with Crippen molar-refractivity contribution in [1.82, 2.24) is 14.8 Å². The van der Waals surface area contributed by atoms with Crippen molar-refractivity contribution in [3.8, 4) is 11.4 Å². The van der Waals surface area contributed by atoms with Crippen molar-refractivity contribution in [2.45, 2.75) is 25.5 Å². The molecule has 0 N–H and O–H groups in total. The zero-order chi connectivity index (χ0) is 22.2. The summed E-state index contributed by atoms with van der Waals surface area (Å²) in [6.45, 7) is 4.53. The van der Waals surface area contributed by atoms with Crippen molar-refractivity contribution in [2.24, 2.45) is 0 Å². The first-order valence-electron chi connectivity index (χ1n) is 9.87. The van der Waals surface area contributed by atoms with Crippen LogP contribution in [0.4, 0.5) is 5.69 Å². The van der Waals surface area contributed by atoms with E-state index in [0.717, 1.165) is 15.9 Å². The van der Waals surface area contributed by atoms with Crippen molar-refractivity contribution < 1.29 is 14.3 Å². The molecule has 0 saturated carbocycles. The summed E-state index contributed by atoms with van der Waals surface area (Å²) in [6, 6.07) is 16.9. The highest BCUT2D eigenvalue weighted by Crippen LogP contribution is 2.29. The third kappa shape index (κ3) is 5.74. The Morgan fingerprint density at radius 1 is 1.06 bits per heavy atom. The van der Waals surface area contributed by atoms with Gasteiger partial charge in [0.15, 0.2) is 11.0 Å². The SMILES string of the molecule is CCOC(=O)CN(C(=O)CSc1nnc(-c2ccccc2Br)n1CC)c1ccccc1. The van der Waals surface area contributed by atoms with Crippen molar-refractivity contribution in [2.75, 3.05) is 23.8 Å². The second kappa shape index (κ2) is 11.1. The van der Waals surface area contributed by atoms with E-state index in [1.54, 1.807) is 19.1 Å². The van der Waals surface area contributed by atoms with Crippen LogP contribution in [0.5, 0.6) is 0 Å². The molecule has 1 amide bonds. The molecular formula is C22H23BrN4O3S. The lowest BCUT2D eigenvalue weighted by atomic mass is 10.2. The third-order valence-electron chi connectivity index (χ3n) is 4.43. The molecule has 0 bridgehead atoms. The number of carbonyl (C=O) groups is 2. The van der Waals surface area contributed by atoms with Crippen LogP contribution in [-0.4, -0.2) is 45.5 Å². The number of aromatic nitrogens is 3. The van der Waals surface area contributed by atoms with Crippen LogP contribution in [0, 0.1) is 0 Å². The highest BCUT2D eigenvalue weighted by Gasteiger charge is 2.22. The predicted molar refractivity (Wildman–Crippen MR) is 125 cm³/mol. The molecule has 1 aromatic heterocycles. The molecule has 0 aliphatic carbocycles. The van der Waals surface area contributed by atoms with Gasteiger partial charge in [-0.2, -0.15) is 0 Å². The molecule has 3 aromatic rings. The number of nitrogens with zero attached hydrogens (tertiary/aromatic N) is 4. The molecule has 0 fully saturated rings. The summed E-state index contributed by atoms with van der Waals surface area (Å²) in [7, 11) is 0. The van der Waals surface area contributed by atoms with Crippen molar-refractivity contribution in [1.29, 1.82) is 0 Å². The first-order valence-corrected chi connectivity index (χ1v) is 11.6. The smallest absolute Gasteiger partial charge is 0.326 e. The molecule has 31 heavy (non-hydrogen) atoms. The molecule has 0 saturated heterocycles. The van der Waals surface area contributed by atoms with Gasteiger partial charge in [-0.1, -0.05) is 64.1 Å². The molecule has 9 heteroatoms. The number of rotatable bonds is 9. The number of thioether (sulfide) groups is 1. The Morgan fingerprint density at radius 3 is 2.45 bits per heavy atom. The van der Waals surface area contributed by atoms with Gasteiger partial charge >= 0.3 is 5.97 Å². The topological polar surface area (TPSA) is 77.3 Å². The van der Waals surface area contributed by atoms with E-state index in [1.165, 1.54) is 16.7 Å². The molecule has 0 aliphatic rings. The number of ether oxygens (including phenoxy) is 1. The minimum atomic E-state index is -0.447. The maximum Gasteiger partial charge on any atom is 0.326 e. The lowest BCUT2D eigenvalue weighted by Crippen LogP contribution is -2.37. The van der Waals surface area contributed by atoms with Crippen LogP contribution in [0.3, 0.4) is 0 Å². The zero-order valence-electron chi connectivity index (χ0n) is 17.3. The van der Waals surface area contributed by atoms with E-state index in [1.807, 2.05) is 54.0 Å². The van der Waals surface area contributed by atoms with E-state index in [0.29, 0.717) is 17.4 Å². The van der Waals surface area contributed by atoms with Gasteiger partial charge in [0.25, 0.3) is 0 Å². The Bertz CT molecular complexity index is 1040. The number of benzene rings is 2. The molecule has 0 atom stereocenters. The second-order valence-corrected chi connectivity index (χ2v) is 8.24. The van der Waals surface area contributed by atoms with Gasteiger partial charge in [0.1, 0.15) is 6.54 Å². The van der Waals surface area contributed by atoms with E-state index in [2.05, 4.69) is 26.1 Å². The van der Waals surface area contributed by atoms with Crippen molar-refractivity contribution in [3.05, 3.63) is 59.1 Å². The Morgan fingerprint density at radius 2 is 1.77 bits per heavy atom. The molecule has 0 aliphatic heterocycles. The molecule has 162 valence electrons. The number of esters is 1. The van der Waals surface area contributed by atoms with E-state index in [-0.39, 0.29) is 24.8 Å². The Balaban J connectivity index is 1.78. The van der Waals surface area contributed by atoms with E-state index >= 15 is 0 Å². The highest BCUT2D eigenvalue weighted by atomic mass is 79.9. The van der Waals surface area contributed by atoms with Crippen LogP contribution in [-0.2, 0) is 20.9 Å². The largest absolute Gasteiger partial charge is 0.465 e. The standard InChI is InChI=1S/C22H23BrN4O3S/c1-3-26-21(17-12-8-9-13-18(17)23)24-25-22(26)31-15-19(28)27(14-20(29)30-4-2)16-10-6-5-7-11-16/h5-13H,3-4,14-15H2,1-2H3. The molecule has 0 spiro atoms. The fourth-order valence-electron chi connectivity index (χ4n) is 2.99. The van der Waals surface area contributed by atoms with E-state index < -0.39 is 5.97 Å². The molecular weight excluding hydrogens is 480 g/mol. The van der Waals surface area contributed by atoms with E-state index in [9.17, 15) is 9.59 Å². The van der Waals surface area contributed by atoms with Gasteiger partial charge in [-0.25, -0.2) is 0 Å². The number of halogens is 1. The molecule has 0 unspecified atom stereocenters. The number of para-hydroxylation sites is 1. The first-order chi connectivity index (χ1) is 15.0. The number of carbonyl (C=O) groups excluding carboxylic acids is 2. The summed E-state index contributed by atoms with van der Waals surface area (Å²) in [6.07, 6.45) is 0. The highest BCUT2D eigenvalue weighted by molar-refractivity contribution is 9.10. The van der Waals surface area contributed by atoms with Crippen LogP contribution in [0.25, 0.3) is 11.4 Å². The molecule has 3 rings (SSSR count). The van der Waals surface area contributed by atoms with Crippen LogP contribution < -0.4 is 4.90 Å². The summed E-state index contributed by atoms with van der Waals surface area (Å²) >= 11 is 4.85. The number of hydrogen-bond acceptors (Lipinski definition) is 6. The summed E-state index contributed by atoms with van der Waals surface area (Å²) in [5, 5.41) is 9.27. The quantitative estimate of drug-likeness (QED) is 0.318. The Labute approximate surface area is 193 Å². The maximum absolute atomic E-state index is 13.0. The second-order valence-electron chi connectivity index (χ2n) is 6.44. The van der Waals surface area contributed by atoms with Crippen LogP contribution in [0.15, 0.2) is 64.2 Å². The zero-order valence-corrected chi connectivity index (χ0v) is 19.7. The molecule has 0 radical (unpaired) electrons. The number of hydrogen-bond donors (Lipinski definition) is 0. The van der Waals surface area contributed by atoms with Gasteiger partial charge in [-0.15, -0.1) is 10.2 Å². The van der Waals surface area contributed by atoms with Gasteiger partial charge in [-0.05, 0) is 32.0 Å². The van der Waals surface area contributed by atoms with Gasteiger partial charge in [-0.3, -0.25) is 9.59 Å². The average Bonchev–Trinajstić information content (AvgIpc) is 3.19. The minimum absolute atomic E-state index is 0.113. The van der Waals surface area contributed by atoms with E-state index in [4.69, 9.17) is 4.74 Å². The van der Waals surface area contributed by atoms with Gasteiger partial charge in [0.05, 0.1) is 12.4 Å². The Kier molecular flexibility index (Phi) is 8.25. The monoisotopic (exact) mass is 502 g/mol. The summed E-state index contributed by atoms with van der Waals surface area (Å²) in [5.74, 6) is 0.189. The number of amides is 1. The predicted octanol–water partition coefficient (Wildman–Crippen LogP) is 4.42. The van der Waals surface area contributed by atoms with Gasteiger partial charge in [0.2, 0.25) is 5.91 Å². The number of anilines is 1. The fourth-order valence-corrected chi connectivity index (χ4v) is 4.33. The Hall–Kier alpha value is -2.65. The van der Waals surface area contributed by atoms with Gasteiger partial charge in [0, 0.05) is 22.3 Å². The molecule has 2 aromatic carbocycles. The normalized spacial score (nSPS) is 10.7. The van der Waals surface area contributed by atoms with Crippen LogP contribution >= 0.6 is 27.7 Å². The fraction of sp³-hybridized carbons (Fsp3) is 0.273. The lowest BCUT2D eigenvalue weighted by Gasteiger charge is -2.21. The lowest BCUT2D eigenvalue weighted by molar-refractivity contribution is -0.142. The maximum atomic E-state index is 13.0. The van der Waals surface area contributed by atoms with Crippen molar-refractivity contribution in [3.63, 3.8) is 0 Å². The van der Waals surface area contributed by atoms with Crippen LogP contribution in [0.2, 0.25) is 0 Å². The average molecular weight is 503 g/mol. The summed E-state index contributed by atoms with van der Waals surface area (Å²) < 4.78 is 7.93. The van der Waals surface area contributed by atoms with Crippen molar-refractivity contribution >= 4 is 45.3 Å². The first kappa shape index (κ1) is 23.0. The van der Waals surface area contributed by atoms with Gasteiger partial charge < -0.3 is 14.2 Å². The summed E-state index contributed by atoms with van der Waals surface area (Å²) in [5.41, 5.74) is 1.58. The molecule has 1 heterocycles. The third-order valence-corrected chi connectivity index (χ3v) is 6.08. The summed E-state index contributed by atoms with van der Waals surface area (Å²) in [4.78, 5) is 26.5. The van der Waals surface area contributed by atoms with Crippen LogP contribution in [0.1, 0.15) is 13.8 Å².